The van der Waals surface area contributed by atoms with E-state index in [-0.39, 0.29) is 0 Å². The maximum absolute atomic E-state index is 5.57. The summed E-state index contributed by atoms with van der Waals surface area (Å²) < 4.78 is 5.57. The molecule has 0 saturated heterocycles. The van der Waals surface area contributed by atoms with Crippen molar-refractivity contribution in [3.63, 3.8) is 0 Å². The summed E-state index contributed by atoms with van der Waals surface area (Å²) in [4.78, 5) is 0. The Balaban J connectivity index is 3.31. The number of ether oxygens (including phenoxy) is 1. The molecule has 0 heterocycles. The molecule has 0 aromatic rings. The van der Waals surface area contributed by atoms with E-state index in [4.69, 9.17) is 4.74 Å². The van der Waals surface area contributed by atoms with Gasteiger partial charge >= 0.3 is 0 Å². The van der Waals surface area contributed by atoms with Crippen LogP contribution in [0.1, 0.15) is 105 Å². The van der Waals surface area contributed by atoms with Crippen LogP contribution in [-0.2, 0) is 4.74 Å². The summed E-state index contributed by atoms with van der Waals surface area (Å²) in [5.74, 6) is 6.13. The van der Waals surface area contributed by atoms with Crippen LogP contribution in [0.25, 0.3) is 0 Å². The van der Waals surface area contributed by atoms with Gasteiger partial charge in [-0.2, -0.15) is 11.8 Å². The third-order valence-electron chi connectivity index (χ3n) is 5.86. The zero-order valence-electron chi connectivity index (χ0n) is 19.9. The first kappa shape index (κ1) is 28.1. The van der Waals surface area contributed by atoms with Crippen molar-refractivity contribution < 1.29 is 4.74 Å². The summed E-state index contributed by atoms with van der Waals surface area (Å²) in [6, 6.07) is 4.00. The Hall–Kier alpha value is 0.0869. The molecule has 0 rings (SSSR count). The van der Waals surface area contributed by atoms with Crippen LogP contribution in [0.3, 0.4) is 0 Å². The third-order valence-corrected chi connectivity index (χ3v) is 11.8. The maximum atomic E-state index is 5.57. The molecule has 28 heavy (non-hydrogen) atoms. The van der Waals surface area contributed by atoms with Gasteiger partial charge in [0.05, 0.1) is 6.10 Å². The Labute approximate surface area is 183 Å². The third kappa shape index (κ3) is 17.0. The average molecular weight is 427 g/mol. The van der Waals surface area contributed by atoms with Gasteiger partial charge in [-0.1, -0.05) is 65.7 Å². The Morgan fingerprint density at radius 1 is 0.714 bits per heavy atom. The van der Waals surface area contributed by atoms with Gasteiger partial charge in [-0.15, -0.1) is 11.5 Å². The standard InChI is InChI=1S/C25H50OSSi/c1-6-28(7-2,8-3)24-19-17-15-13-11-9-10-12-14-16-18-22-27-23-20-21-26-25(4)5/h25H,6-18,20-23H2,1-5H3. The van der Waals surface area contributed by atoms with Crippen molar-refractivity contribution in [1.82, 2.24) is 0 Å². The van der Waals surface area contributed by atoms with Gasteiger partial charge in [0.1, 0.15) is 8.07 Å². The fourth-order valence-electron chi connectivity index (χ4n) is 3.50. The summed E-state index contributed by atoms with van der Waals surface area (Å²) in [7, 11) is -1.20. The summed E-state index contributed by atoms with van der Waals surface area (Å²) in [5.41, 5.74) is 3.72. The van der Waals surface area contributed by atoms with Gasteiger partial charge in [-0.25, -0.2) is 0 Å². The van der Waals surface area contributed by atoms with E-state index in [2.05, 4.69) is 57.8 Å². The van der Waals surface area contributed by atoms with Crippen LogP contribution >= 0.6 is 11.8 Å². The number of hydrogen-bond acceptors (Lipinski definition) is 2. The van der Waals surface area contributed by atoms with Crippen LogP contribution in [0.15, 0.2) is 0 Å². The number of thioether (sulfide) groups is 1. The van der Waals surface area contributed by atoms with Gasteiger partial charge in [0.25, 0.3) is 0 Å². The topological polar surface area (TPSA) is 9.23 Å². The molecule has 166 valence electrons. The first-order valence-electron chi connectivity index (χ1n) is 12.3. The highest BCUT2D eigenvalue weighted by Crippen LogP contribution is 2.19. The van der Waals surface area contributed by atoms with Crippen molar-refractivity contribution in [1.29, 1.82) is 0 Å². The van der Waals surface area contributed by atoms with Crippen molar-refractivity contribution in [3.8, 4) is 11.5 Å². The zero-order chi connectivity index (χ0) is 20.9. The van der Waals surface area contributed by atoms with Gasteiger partial charge in [0, 0.05) is 13.0 Å². The van der Waals surface area contributed by atoms with Gasteiger partial charge in [0.15, 0.2) is 0 Å². The molecule has 0 aliphatic heterocycles. The fourth-order valence-corrected chi connectivity index (χ4v) is 6.97. The first-order chi connectivity index (χ1) is 13.6. The minimum atomic E-state index is -1.20. The molecule has 0 atom stereocenters. The second kappa shape index (κ2) is 20.4. The normalized spacial score (nSPS) is 11.6. The van der Waals surface area contributed by atoms with Gasteiger partial charge < -0.3 is 4.74 Å². The van der Waals surface area contributed by atoms with Crippen molar-refractivity contribution in [2.75, 3.05) is 18.1 Å². The fraction of sp³-hybridized carbons (Fsp3) is 0.920. The van der Waals surface area contributed by atoms with Crippen LogP contribution < -0.4 is 0 Å². The minimum Gasteiger partial charge on any atom is -0.379 e. The van der Waals surface area contributed by atoms with Crippen molar-refractivity contribution in [3.05, 3.63) is 0 Å². The molecule has 3 heteroatoms. The molecule has 0 bridgehead atoms. The van der Waals surface area contributed by atoms with Crippen LogP contribution in [0, 0.1) is 11.5 Å². The monoisotopic (exact) mass is 426 g/mol. The van der Waals surface area contributed by atoms with E-state index in [9.17, 15) is 0 Å². The zero-order valence-corrected chi connectivity index (χ0v) is 21.7. The lowest BCUT2D eigenvalue weighted by Crippen LogP contribution is -2.29. The Morgan fingerprint density at radius 2 is 1.21 bits per heavy atom. The molecule has 1 nitrogen and oxygen atoms in total. The molecule has 0 spiro atoms. The molecule has 0 aromatic heterocycles. The molecular weight excluding hydrogens is 376 g/mol. The van der Waals surface area contributed by atoms with E-state index in [1.54, 1.807) is 0 Å². The maximum Gasteiger partial charge on any atom is 0.137 e. The first-order valence-corrected chi connectivity index (χ1v) is 16.1. The van der Waals surface area contributed by atoms with E-state index in [0.29, 0.717) is 6.10 Å². The van der Waals surface area contributed by atoms with Gasteiger partial charge in [0.2, 0.25) is 0 Å². The number of rotatable bonds is 19. The lowest BCUT2D eigenvalue weighted by Gasteiger charge is -2.20. The Morgan fingerprint density at radius 3 is 1.75 bits per heavy atom. The molecule has 0 N–H and O–H groups in total. The lowest BCUT2D eigenvalue weighted by atomic mass is 10.1. The van der Waals surface area contributed by atoms with Gasteiger partial charge in [-0.3, -0.25) is 0 Å². The highest BCUT2D eigenvalue weighted by Gasteiger charge is 2.23. The van der Waals surface area contributed by atoms with E-state index in [1.165, 1.54) is 93.8 Å². The Kier molecular flexibility index (Phi) is 20.4. The highest BCUT2D eigenvalue weighted by atomic mass is 32.2. The smallest absolute Gasteiger partial charge is 0.137 e. The van der Waals surface area contributed by atoms with Crippen LogP contribution in [0.2, 0.25) is 18.1 Å². The lowest BCUT2D eigenvalue weighted by molar-refractivity contribution is 0.0800. The molecular formula is C25H50OSSi. The highest BCUT2D eigenvalue weighted by molar-refractivity contribution is 7.99. The van der Waals surface area contributed by atoms with Crippen molar-refractivity contribution in [2.24, 2.45) is 0 Å². The second-order valence-electron chi connectivity index (χ2n) is 8.46. The number of hydrogen-bond donors (Lipinski definition) is 0. The second-order valence-corrected chi connectivity index (χ2v) is 14.6. The van der Waals surface area contributed by atoms with E-state index in [1.807, 2.05) is 0 Å². The summed E-state index contributed by atoms with van der Waals surface area (Å²) in [6.07, 6.45) is 15.4. The average Bonchev–Trinajstić information content (AvgIpc) is 2.70. The molecule has 0 fully saturated rings. The summed E-state index contributed by atoms with van der Waals surface area (Å²) >= 11 is 2.10. The van der Waals surface area contributed by atoms with E-state index < -0.39 is 8.07 Å². The summed E-state index contributed by atoms with van der Waals surface area (Å²) in [5, 5.41) is 0. The predicted molar refractivity (Wildman–Crippen MR) is 134 cm³/mol. The number of unbranched alkanes of at least 4 members (excludes halogenated alkanes) is 9. The summed E-state index contributed by atoms with van der Waals surface area (Å²) in [6.45, 7) is 12.2. The SMILES string of the molecule is CC[Si](C#CCCCCCCCCCCCSCCCOC(C)C)(CC)CC. The molecule has 0 unspecified atom stereocenters. The molecule has 0 aromatic carbocycles. The molecule has 0 amide bonds. The van der Waals surface area contributed by atoms with Crippen LogP contribution in [0.4, 0.5) is 0 Å². The quantitative estimate of drug-likeness (QED) is 0.116. The Bertz CT molecular complexity index is 373. The largest absolute Gasteiger partial charge is 0.379 e. The predicted octanol–water partition coefficient (Wildman–Crippen LogP) is 8.49. The minimum absolute atomic E-state index is 0.382. The van der Waals surface area contributed by atoms with Crippen molar-refractivity contribution in [2.45, 2.75) is 129 Å². The van der Waals surface area contributed by atoms with Gasteiger partial charge in [-0.05, 0) is 62.7 Å². The molecule has 0 radical (unpaired) electrons. The molecule has 0 aliphatic rings. The van der Waals surface area contributed by atoms with E-state index in [0.717, 1.165) is 13.0 Å². The van der Waals surface area contributed by atoms with Crippen molar-refractivity contribution >= 4 is 19.8 Å². The molecule has 0 saturated carbocycles. The van der Waals surface area contributed by atoms with E-state index >= 15 is 0 Å². The molecule has 0 aliphatic carbocycles. The van der Waals surface area contributed by atoms with Crippen LogP contribution in [-0.4, -0.2) is 32.3 Å². The van der Waals surface area contributed by atoms with Crippen LogP contribution in [0.5, 0.6) is 0 Å².